The molecular weight excluding hydrogens is 300 g/mol. The molecule has 2 fully saturated rings. The number of nitrogens with one attached hydrogen (secondary N) is 2. The summed E-state index contributed by atoms with van der Waals surface area (Å²) < 4.78 is 33.6. The molecule has 0 aromatic heterocycles. The summed E-state index contributed by atoms with van der Waals surface area (Å²) in [6.07, 6.45) is 4.32. The van der Waals surface area contributed by atoms with Crippen molar-refractivity contribution in [3.05, 3.63) is 30.3 Å². The number of morpholine rings is 1. The number of hydrogen-bond acceptors (Lipinski definition) is 3. The topological polar surface area (TPSA) is 59.8 Å². The van der Waals surface area contributed by atoms with E-state index in [1.54, 1.807) is 24.3 Å². The maximum Gasteiger partial charge on any atom is 0.241 e. The minimum atomic E-state index is -3.43. The van der Waals surface area contributed by atoms with Crippen LogP contribution in [0.25, 0.3) is 0 Å². The summed E-state index contributed by atoms with van der Waals surface area (Å²) in [7, 11) is -3.43. The molecule has 1 aromatic rings. The lowest BCUT2D eigenvalue weighted by Crippen LogP contribution is -3.19. The van der Waals surface area contributed by atoms with Crippen LogP contribution in [0.2, 0.25) is 0 Å². The van der Waals surface area contributed by atoms with Crippen LogP contribution in [0.5, 0.6) is 0 Å². The summed E-state index contributed by atoms with van der Waals surface area (Å²) in [5.41, 5.74) is 0. The molecule has 2 N–H and O–H groups in total. The third kappa shape index (κ3) is 3.68. The van der Waals surface area contributed by atoms with Gasteiger partial charge in [0.15, 0.2) is 0 Å². The largest absolute Gasteiger partial charge is 0.370 e. The van der Waals surface area contributed by atoms with E-state index in [1.807, 2.05) is 6.07 Å². The van der Waals surface area contributed by atoms with E-state index in [0.29, 0.717) is 10.9 Å². The van der Waals surface area contributed by atoms with Crippen LogP contribution in [0.1, 0.15) is 25.7 Å². The Morgan fingerprint density at radius 2 is 1.73 bits per heavy atom. The van der Waals surface area contributed by atoms with Crippen molar-refractivity contribution in [2.75, 3.05) is 26.3 Å². The zero-order valence-corrected chi connectivity index (χ0v) is 13.6. The smallest absolute Gasteiger partial charge is 0.241 e. The molecule has 3 rings (SSSR count). The minimum Gasteiger partial charge on any atom is -0.370 e. The average molecular weight is 325 g/mol. The van der Waals surface area contributed by atoms with Gasteiger partial charge in [-0.3, -0.25) is 0 Å². The molecule has 22 heavy (non-hydrogen) atoms. The van der Waals surface area contributed by atoms with Crippen molar-refractivity contribution in [1.29, 1.82) is 0 Å². The molecule has 0 bridgehead atoms. The van der Waals surface area contributed by atoms with Gasteiger partial charge in [0.1, 0.15) is 19.1 Å². The predicted molar refractivity (Wildman–Crippen MR) is 84.3 cm³/mol. The van der Waals surface area contributed by atoms with Gasteiger partial charge in [-0.2, -0.15) is 0 Å². The first kappa shape index (κ1) is 15.9. The molecule has 5 nitrogen and oxygen atoms in total. The van der Waals surface area contributed by atoms with E-state index in [4.69, 9.17) is 4.74 Å². The molecule has 6 heteroatoms. The summed E-state index contributed by atoms with van der Waals surface area (Å²) in [6.45, 7) is 3.52. The Labute approximate surface area is 132 Å². The lowest BCUT2D eigenvalue weighted by atomic mass is 9.89. The third-order valence-corrected chi connectivity index (χ3v) is 6.29. The molecule has 1 saturated carbocycles. The van der Waals surface area contributed by atoms with Crippen LogP contribution in [0.4, 0.5) is 0 Å². The van der Waals surface area contributed by atoms with Gasteiger partial charge in [0.05, 0.1) is 24.2 Å². The lowest BCUT2D eigenvalue weighted by molar-refractivity contribution is -0.935. The van der Waals surface area contributed by atoms with E-state index in [0.717, 1.165) is 45.6 Å². The van der Waals surface area contributed by atoms with Gasteiger partial charge in [0.2, 0.25) is 10.0 Å². The molecule has 1 saturated heterocycles. The Kier molecular flexibility index (Phi) is 5.13. The van der Waals surface area contributed by atoms with Gasteiger partial charge >= 0.3 is 0 Å². The van der Waals surface area contributed by atoms with Gasteiger partial charge in [-0.1, -0.05) is 24.6 Å². The zero-order chi connectivity index (χ0) is 15.4. The molecule has 0 amide bonds. The van der Waals surface area contributed by atoms with E-state index in [2.05, 4.69) is 4.72 Å². The van der Waals surface area contributed by atoms with Crippen LogP contribution in [-0.4, -0.2) is 46.8 Å². The quantitative estimate of drug-likeness (QED) is 0.831. The van der Waals surface area contributed by atoms with Gasteiger partial charge in [-0.25, -0.2) is 13.1 Å². The first-order valence-corrected chi connectivity index (χ1v) is 9.65. The number of sulfonamides is 1. The fraction of sp³-hybridized carbons (Fsp3) is 0.625. The van der Waals surface area contributed by atoms with Crippen LogP contribution in [-0.2, 0) is 14.8 Å². The summed E-state index contributed by atoms with van der Waals surface area (Å²) in [6, 6.07) is 9.08. The average Bonchev–Trinajstić information content (AvgIpc) is 2.57. The number of benzene rings is 1. The maximum atomic E-state index is 12.6. The molecule has 1 aliphatic heterocycles. The number of quaternary nitrogens is 1. The van der Waals surface area contributed by atoms with Gasteiger partial charge in [-0.05, 0) is 25.0 Å². The van der Waals surface area contributed by atoms with Crippen LogP contribution in [0, 0.1) is 0 Å². The van der Waals surface area contributed by atoms with Crippen molar-refractivity contribution in [1.82, 2.24) is 4.72 Å². The Morgan fingerprint density at radius 1 is 1.05 bits per heavy atom. The summed E-state index contributed by atoms with van der Waals surface area (Å²) in [5, 5.41) is 0. The highest BCUT2D eigenvalue weighted by molar-refractivity contribution is 7.89. The summed E-state index contributed by atoms with van der Waals surface area (Å²) in [4.78, 5) is 1.85. The highest BCUT2D eigenvalue weighted by atomic mass is 32.2. The highest BCUT2D eigenvalue weighted by Gasteiger charge is 2.36. The van der Waals surface area contributed by atoms with Crippen LogP contribution < -0.4 is 9.62 Å². The maximum absolute atomic E-state index is 12.6. The monoisotopic (exact) mass is 325 g/mol. The van der Waals surface area contributed by atoms with Crippen LogP contribution in [0.3, 0.4) is 0 Å². The van der Waals surface area contributed by atoms with E-state index in [9.17, 15) is 8.42 Å². The number of hydrogen-bond donors (Lipinski definition) is 2. The summed E-state index contributed by atoms with van der Waals surface area (Å²) >= 11 is 0. The fourth-order valence-corrected chi connectivity index (χ4v) is 4.96. The Morgan fingerprint density at radius 3 is 2.45 bits per heavy atom. The molecule has 0 radical (unpaired) electrons. The van der Waals surface area contributed by atoms with E-state index in [1.165, 1.54) is 11.3 Å². The normalized spacial score (nSPS) is 27.6. The zero-order valence-electron chi connectivity index (χ0n) is 12.8. The Hall–Kier alpha value is -0.950. The van der Waals surface area contributed by atoms with Gasteiger partial charge in [0, 0.05) is 6.42 Å². The van der Waals surface area contributed by atoms with Crippen molar-refractivity contribution in [2.24, 2.45) is 0 Å². The SMILES string of the molecule is O=S(=O)(N[C@H]1CCCC[C@H]1[NH+]1CCOCC1)c1ccccc1. The fourth-order valence-electron chi connectivity index (χ4n) is 3.63. The second-order valence-electron chi connectivity index (χ2n) is 6.20. The van der Waals surface area contributed by atoms with Crippen molar-refractivity contribution >= 4 is 10.0 Å². The van der Waals surface area contributed by atoms with Gasteiger partial charge in [-0.15, -0.1) is 0 Å². The molecule has 1 aliphatic carbocycles. The predicted octanol–water partition coefficient (Wildman–Crippen LogP) is 0.191. The van der Waals surface area contributed by atoms with Crippen LogP contribution in [0.15, 0.2) is 35.2 Å². The molecule has 2 atom stereocenters. The molecule has 0 unspecified atom stereocenters. The molecule has 1 heterocycles. The first-order valence-electron chi connectivity index (χ1n) is 8.16. The highest BCUT2D eigenvalue weighted by Crippen LogP contribution is 2.19. The van der Waals surface area contributed by atoms with E-state index >= 15 is 0 Å². The Bertz CT molecular complexity index is 570. The Balaban J connectivity index is 1.73. The second-order valence-corrected chi connectivity index (χ2v) is 7.92. The third-order valence-electron chi connectivity index (χ3n) is 4.79. The van der Waals surface area contributed by atoms with Gasteiger partial charge < -0.3 is 9.64 Å². The molecule has 1 aromatic carbocycles. The van der Waals surface area contributed by atoms with Crippen molar-refractivity contribution < 1.29 is 18.1 Å². The van der Waals surface area contributed by atoms with Crippen LogP contribution >= 0.6 is 0 Å². The van der Waals surface area contributed by atoms with E-state index in [-0.39, 0.29) is 6.04 Å². The summed E-state index contributed by atoms with van der Waals surface area (Å²) in [5.74, 6) is 0. The number of ether oxygens (including phenoxy) is 1. The second kappa shape index (κ2) is 7.08. The molecule has 0 spiro atoms. The first-order chi connectivity index (χ1) is 10.7. The molecular formula is C16H25N2O3S+. The number of rotatable bonds is 4. The molecule has 122 valence electrons. The standard InChI is InChI=1S/C16H24N2O3S/c19-22(20,14-6-2-1-3-7-14)17-15-8-4-5-9-16(15)18-10-12-21-13-11-18/h1-3,6-7,15-17H,4-5,8-13H2/p+1/t15-,16+/m0/s1. The lowest BCUT2D eigenvalue weighted by Gasteiger charge is -2.38. The van der Waals surface area contributed by atoms with Gasteiger partial charge in [0.25, 0.3) is 0 Å². The molecule has 2 aliphatic rings. The van der Waals surface area contributed by atoms with Crippen molar-refractivity contribution in [2.45, 2.75) is 42.7 Å². The minimum absolute atomic E-state index is 0.0343. The van der Waals surface area contributed by atoms with Crippen molar-refractivity contribution in [3.63, 3.8) is 0 Å². The van der Waals surface area contributed by atoms with Crippen molar-refractivity contribution in [3.8, 4) is 0 Å². The van der Waals surface area contributed by atoms with E-state index < -0.39 is 10.0 Å².